The number of benzene rings is 1. The average molecular weight is 249 g/mol. The van der Waals surface area contributed by atoms with Crippen LogP contribution in [0.4, 0.5) is 4.39 Å². The Balaban J connectivity index is 2.27. The van der Waals surface area contributed by atoms with Crippen LogP contribution in [0.2, 0.25) is 5.15 Å². The Morgan fingerprint density at radius 1 is 1.06 bits per heavy atom. The lowest BCUT2D eigenvalue weighted by atomic mass is 10.3. The number of hydrogen-bond donors (Lipinski definition) is 0. The van der Waals surface area contributed by atoms with E-state index in [1.807, 2.05) is 0 Å². The van der Waals surface area contributed by atoms with Crippen LogP contribution < -0.4 is 0 Å². The number of rotatable bonds is 1. The second-order valence-electron chi connectivity index (χ2n) is 3.43. The quantitative estimate of drug-likeness (QED) is 0.622. The number of aromatic nitrogens is 4. The molecule has 1 aromatic carbocycles. The summed E-state index contributed by atoms with van der Waals surface area (Å²) in [5, 5.41) is 0.317. The van der Waals surface area contributed by atoms with Crippen molar-refractivity contribution < 1.29 is 4.39 Å². The minimum Gasteiger partial charge on any atom is -0.295 e. The predicted molar refractivity (Wildman–Crippen MR) is 61.6 cm³/mol. The molecule has 0 saturated heterocycles. The second-order valence-corrected chi connectivity index (χ2v) is 3.79. The first-order valence-corrected chi connectivity index (χ1v) is 5.23. The van der Waals surface area contributed by atoms with Crippen LogP contribution in [-0.2, 0) is 0 Å². The lowest BCUT2D eigenvalue weighted by molar-refractivity contribution is 0.627. The number of halogens is 2. The van der Waals surface area contributed by atoms with Crippen molar-refractivity contribution in [3.63, 3.8) is 0 Å². The molecule has 2 aromatic heterocycles. The van der Waals surface area contributed by atoms with E-state index in [-0.39, 0.29) is 5.82 Å². The van der Waals surface area contributed by atoms with Gasteiger partial charge < -0.3 is 0 Å². The monoisotopic (exact) mass is 248 g/mol. The highest BCUT2D eigenvalue weighted by molar-refractivity contribution is 6.33. The number of nitrogens with zero attached hydrogens (tertiary/aromatic N) is 4. The summed E-state index contributed by atoms with van der Waals surface area (Å²) in [5.41, 5.74) is 1.88. The summed E-state index contributed by atoms with van der Waals surface area (Å²) in [6.45, 7) is 0. The van der Waals surface area contributed by atoms with E-state index in [9.17, 15) is 4.39 Å². The van der Waals surface area contributed by atoms with Crippen LogP contribution in [0.3, 0.4) is 0 Å². The third kappa shape index (κ3) is 1.64. The normalized spacial score (nSPS) is 10.9. The highest BCUT2D eigenvalue weighted by atomic mass is 35.5. The maximum Gasteiger partial charge on any atom is 0.182 e. The van der Waals surface area contributed by atoms with Gasteiger partial charge in [-0.25, -0.2) is 19.3 Å². The standard InChI is InChI=1S/C11H6ClFN4/c12-10-9-11(15-5-14-10)16-6-17(9)8-3-1-7(13)2-4-8/h1-6H. The first-order valence-electron chi connectivity index (χ1n) is 4.85. The fourth-order valence-corrected chi connectivity index (χ4v) is 1.84. The Labute approximate surface area is 101 Å². The van der Waals surface area contributed by atoms with Crippen LogP contribution >= 0.6 is 11.6 Å². The van der Waals surface area contributed by atoms with Crippen molar-refractivity contribution in [2.75, 3.05) is 0 Å². The van der Waals surface area contributed by atoms with Crippen molar-refractivity contribution in [2.45, 2.75) is 0 Å². The van der Waals surface area contributed by atoms with Gasteiger partial charge in [-0.1, -0.05) is 11.6 Å². The minimum atomic E-state index is -0.291. The highest BCUT2D eigenvalue weighted by Crippen LogP contribution is 2.22. The van der Waals surface area contributed by atoms with Gasteiger partial charge in [0.25, 0.3) is 0 Å². The lowest BCUT2D eigenvalue weighted by Crippen LogP contribution is -1.94. The molecule has 3 rings (SSSR count). The molecule has 0 atom stereocenters. The van der Waals surface area contributed by atoms with Crippen molar-refractivity contribution in [3.8, 4) is 5.69 Å². The summed E-state index contributed by atoms with van der Waals surface area (Å²) in [4.78, 5) is 12.0. The van der Waals surface area contributed by atoms with Crippen LogP contribution in [0.25, 0.3) is 16.9 Å². The van der Waals surface area contributed by atoms with Crippen molar-refractivity contribution in [1.29, 1.82) is 0 Å². The summed E-state index contributed by atoms with van der Waals surface area (Å²) < 4.78 is 14.6. The van der Waals surface area contributed by atoms with Gasteiger partial charge in [0.2, 0.25) is 0 Å². The molecule has 0 spiro atoms. The van der Waals surface area contributed by atoms with Gasteiger partial charge in [0.05, 0.1) is 0 Å². The molecule has 0 fully saturated rings. The SMILES string of the molecule is Fc1ccc(-n2cnc3ncnc(Cl)c32)cc1. The van der Waals surface area contributed by atoms with Crippen molar-refractivity contribution in [1.82, 2.24) is 19.5 Å². The first-order chi connectivity index (χ1) is 8.25. The average Bonchev–Trinajstić information content (AvgIpc) is 2.75. The highest BCUT2D eigenvalue weighted by Gasteiger charge is 2.09. The Morgan fingerprint density at radius 3 is 2.59 bits per heavy atom. The molecule has 0 aliphatic carbocycles. The third-order valence-electron chi connectivity index (χ3n) is 2.40. The van der Waals surface area contributed by atoms with Crippen LogP contribution in [0.5, 0.6) is 0 Å². The van der Waals surface area contributed by atoms with Gasteiger partial charge in [-0.15, -0.1) is 0 Å². The third-order valence-corrected chi connectivity index (χ3v) is 2.68. The number of hydrogen-bond acceptors (Lipinski definition) is 3. The minimum absolute atomic E-state index is 0.291. The van der Waals surface area contributed by atoms with E-state index in [2.05, 4.69) is 15.0 Å². The molecule has 0 N–H and O–H groups in total. The molecule has 0 aliphatic heterocycles. The van der Waals surface area contributed by atoms with Gasteiger partial charge >= 0.3 is 0 Å². The fourth-order valence-electron chi connectivity index (χ4n) is 1.62. The van der Waals surface area contributed by atoms with E-state index in [0.29, 0.717) is 16.3 Å². The molecule has 84 valence electrons. The van der Waals surface area contributed by atoms with E-state index in [0.717, 1.165) is 5.69 Å². The van der Waals surface area contributed by atoms with Crippen molar-refractivity contribution in [2.24, 2.45) is 0 Å². The largest absolute Gasteiger partial charge is 0.295 e. The van der Waals surface area contributed by atoms with E-state index in [4.69, 9.17) is 11.6 Å². The smallest absolute Gasteiger partial charge is 0.182 e. The zero-order valence-electron chi connectivity index (χ0n) is 8.51. The Kier molecular flexibility index (Phi) is 2.26. The van der Waals surface area contributed by atoms with E-state index >= 15 is 0 Å². The van der Waals surface area contributed by atoms with Crippen molar-refractivity contribution in [3.05, 3.63) is 47.9 Å². The van der Waals surface area contributed by atoms with Gasteiger partial charge in [0.15, 0.2) is 10.8 Å². The van der Waals surface area contributed by atoms with Crippen LogP contribution in [-0.4, -0.2) is 19.5 Å². The van der Waals surface area contributed by atoms with Gasteiger partial charge in [-0.3, -0.25) is 4.57 Å². The van der Waals surface area contributed by atoms with Crippen LogP contribution in [0.1, 0.15) is 0 Å². The first kappa shape index (κ1) is 10.2. The summed E-state index contributed by atoms with van der Waals surface area (Å²) in [7, 11) is 0. The van der Waals surface area contributed by atoms with Crippen molar-refractivity contribution >= 4 is 22.8 Å². The number of fused-ring (bicyclic) bond motifs is 1. The molecule has 0 aliphatic rings. The molecular formula is C11H6ClFN4. The fraction of sp³-hybridized carbons (Fsp3) is 0. The van der Waals surface area contributed by atoms with E-state index in [1.54, 1.807) is 23.0 Å². The van der Waals surface area contributed by atoms with E-state index in [1.165, 1.54) is 18.5 Å². The summed E-state index contributed by atoms with van der Waals surface area (Å²) in [6.07, 6.45) is 2.94. The van der Waals surface area contributed by atoms with Gasteiger partial charge in [-0.05, 0) is 24.3 Å². The molecule has 0 unspecified atom stereocenters. The van der Waals surface area contributed by atoms with Gasteiger partial charge in [0, 0.05) is 5.69 Å². The molecule has 0 amide bonds. The Hall–Kier alpha value is -2.01. The second kappa shape index (κ2) is 3.78. The molecule has 0 saturated carbocycles. The van der Waals surface area contributed by atoms with Crippen LogP contribution in [0.15, 0.2) is 36.9 Å². The molecule has 0 bridgehead atoms. The predicted octanol–water partition coefficient (Wildman–Crippen LogP) is 2.61. The maximum atomic E-state index is 12.8. The summed E-state index contributed by atoms with van der Waals surface area (Å²) in [5.74, 6) is -0.291. The molecule has 3 aromatic rings. The van der Waals surface area contributed by atoms with Gasteiger partial charge in [0.1, 0.15) is 24.0 Å². The number of imidazole rings is 1. The topological polar surface area (TPSA) is 43.6 Å². The summed E-state index contributed by atoms with van der Waals surface area (Å²) in [6, 6.07) is 6.03. The summed E-state index contributed by atoms with van der Waals surface area (Å²) >= 11 is 6.00. The maximum absolute atomic E-state index is 12.8. The Morgan fingerprint density at radius 2 is 1.82 bits per heavy atom. The van der Waals surface area contributed by atoms with Crippen LogP contribution in [0, 0.1) is 5.82 Å². The molecular weight excluding hydrogens is 243 g/mol. The molecule has 17 heavy (non-hydrogen) atoms. The van der Waals surface area contributed by atoms with E-state index < -0.39 is 0 Å². The molecule has 2 heterocycles. The van der Waals surface area contributed by atoms with Gasteiger partial charge in [-0.2, -0.15) is 0 Å². The molecule has 0 radical (unpaired) electrons. The molecule has 4 nitrogen and oxygen atoms in total. The zero-order chi connectivity index (χ0) is 11.8. The Bertz CT molecular complexity index is 678. The lowest BCUT2D eigenvalue weighted by Gasteiger charge is -2.03. The zero-order valence-corrected chi connectivity index (χ0v) is 9.26. The molecule has 6 heteroatoms.